The molecule has 8 heavy (non-hydrogen) atoms. The first-order chi connectivity index (χ1) is 3.66. The molecule has 0 aromatic carbocycles. The molecule has 0 aromatic rings. The monoisotopic (exact) mass is 110 g/mol. The van der Waals surface area contributed by atoms with E-state index >= 15 is 0 Å². The average molecular weight is 110 g/mol. The van der Waals surface area contributed by atoms with Gasteiger partial charge in [0.2, 0.25) is 0 Å². The van der Waals surface area contributed by atoms with Crippen LogP contribution >= 0.6 is 0 Å². The summed E-state index contributed by atoms with van der Waals surface area (Å²) in [6.45, 7) is 4.82. The number of hydrogen-bond acceptors (Lipinski definition) is 0. The molecule has 46 valence electrons. The van der Waals surface area contributed by atoms with Gasteiger partial charge in [-0.15, -0.1) is 0 Å². The van der Waals surface area contributed by atoms with Crippen molar-refractivity contribution in [3.05, 3.63) is 0 Å². The average Bonchev–Trinajstić information content (AvgIpc) is 2.05. The summed E-state index contributed by atoms with van der Waals surface area (Å²) < 4.78 is 0. The van der Waals surface area contributed by atoms with Gasteiger partial charge < -0.3 is 0 Å². The summed E-state index contributed by atoms with van der Waals surface area (Å²) >= 11 is 0. The third-order valence-electron chi connectivity index (χ3n) is 3.40. The molecule has 0 atom stereocenters. The molecule has 0 aromatic heterocycles. The highest BCUT2D eigenvalue weighted by molar-refractivity contribution is 5.13. The Hall–Kier alpha value is 0. The topological polar surface area (TPSA) is 0 Å². The van der Waals surface area contributed by atoms with Gasteiger partial charge in [-0.3, -0.25) is 0 Å². The van der Waals surface area contributed by atoms with Crippen molar-refractivity contribution < 1.29 is 0 Å². The highest BCUT2D eigenvalue weighted by Gasteiger charge is 2.63. The molecule has 0 saturated heterocycles. The molecule has 0 nitrogen and oxygen atoms in total. The maximum Gasteiger partial charge on any atom is -0.0241 e. The van der Waals surface area contributed by atoms with E-state index in [1.807, 2.05) is 0 Å². The van der Waals surface area contributed by atoms with Crippen molar-refractivity contribution >= 4 is 0 Å². The Kier molecular flexibility index (Phi) is 0.595. The molecule has 2 fully saturated rings. The summed E-state index contributed by atoms with van der Waals surface area (Å²) in [6.07, 6.45) is 6.07. The van der Waals surface area contributed by atoms with Crippen LogP contribution in [0.15, 0.2) is 0 Å². The van der Waals surface area contributed by atoms with Crippen LogP contribution in [0, 0.1) is 10.8 Å². The lowest BCUT2D eigenvalue weighted by Crippen LogP contribution is -2.17. The van der Waals surface area contributed by atoms with Gasteiger partial charge in [-0.25, -0.2) is 0 Å². The van der Waals surface area contributed by atoms with E-state index in [9.17, 15) is 0 Å². The predicted molar refractivity (Wildman–Crippen MR) is 34.7 cm³/mol. The summed E-state index contributed by atoms with van der Waals surface area (Å²) in [5.41, 5.74) is 1.61. The van der Waals surface area contributed by atoms with Crippen LogP contribution in [0.5, 0.6) is 0 Å². The maximum absolute atomic E-state index is 2.41. The van der Waals surface area contributed by atoms with Crippen molar-refractivity contribution in [2.75, 3.05) is 0 Å². The van der Waals surface area contributed by atoms with Crippen LogP contribution < -0.4 is 0 Å². The lowest BCUT2D eigenvalue weighted by atomic mass is 9.76. The summed E-state index contributed by atoms with van der Waals surface area (Å²) in [5, 5.41) is 0. The molecule has 0 N–H and O–H groups in total. The first-order valence-corrected chi connectivity index (χ1v) is 3.66. The highest BCUT2D eigenvalue weighted by atomic mass is 14.7. The molecule has 2 aliphatic carbocycles. The molecular formula is C8H14. The zero-order valence-electron chi connectivity index (χ0n) is 5.83. The first kappa shape index (κ1) is 4.84. The molecule has 0 bridgehead atoms. The minimum Gasteiger partial charge on any atom is -0.0594 e. The Labute approximate surface area is 51.3 Å². The van der Waals surface area contributed by atoms with Gasteiger partial charge in [0.1, 0.15) is 0 Å². The van der Waals surface area contributed by atoms with Crippen LogP contribution in [-0.4, -0.2) is 0 Å². The van der Waals surface area contributed by atoms with Crippen molar-refractivity contribution in [2.24, 2.45) is 10.8 Å². The number of hydrogen-bond donors (Lipinski definition) is 0. The molecule has 1 spiro atoms. The predicted octanol–water partition coefficient (Wildman–Crippen LogP) is 2.59. The Morgan fingerprint density at radius 3 is 1.62 bits per heavy atom. The van der Waals surface area contributed by atoms with Crippen LogP contribution in [0.25, 0.3) is 0 Å². The second-order valence-electron chi connectivity index (χ2n) is 4.19. The second kappa shape index (κ2) is 0.984. The number of rotatable bonds is 0. The largest absolute Gasteiger partial charge is 0.0594 e. The smallest absolute Gasteiger partial charge is 0.0241 e. The van der Waals surface area contributed by atoms with Crippen molar-refractivity contribution in [2.45, 2.75) is 39.5 Å². The molecular weight excluding hydrogens is 96.1 g/mol. The van der Waals surface area contributed by atoms with E-state index in [0.29, 0.717) is 0 Å². The third-order valence-corrected chi connectivity index (χ3v) is 3.40. The minimum absolute atomic E-state index is 0.741. The van der Waals surface area contributed by atoms with E-state index in [4.69, 9.17) is 0 Å². The lowest BCUT2D eigenvalue weighted by Gasteiger charge is -2.29. The Morgan fingerprint density at radius 1 is 1.12 bits per heavy atom. The van der Waals surface area contributed by atoms with E-state index in [0.717, 1.165) is 10.8 Å². The SMILES string of the molecule is CC1(C)CC12CCC2. The van der Waals surface area contributed by atoms with Crippen molar-refractivity contribution in [3.63, 3.8) is 0 Å². The molecule has 0 amide bonds. The molecule has 0 radical (unpaired) electrons. The van der Waals surface area contributed by atoms with E-state index in [-0.39, 0.29) is 0 Å². The quantitative estimate of drug-likeness (QED) is 0.449. The van der Waals surface area contributed by atoms with Crippen LogP contribution in [0.2, 0.25) is 0 Å². The summed E-state index contributed by atoms with van der Waals surface area (Å²) in [5.74, 6) is 0. The van der Waals surface area contributed by atoms with E-state index < -0.39 is 0 Å². The first-order valence-electron chi connectivity index (χ1n) is 3.66. The summed E-state index contributed by atoms with van der Waals surface area (Å²) in [7, 11) is 0. The zero-order chi connectivity index (χ0) is 5.83. The molecule has 2 saturated carbocycles. The summed E-state index contributed by atoms with van der Waals surface area (Å²) in [6, 6.07) is 0. The maximum atomic E-state index is 2.41. The Bertz CT molecular complexity index is 118. The van der Waals surface area contributed by atoms with Crippen LogP contribution in [0.4, 0.5) is 0 Å². The Morgan fingerprint density at radius 2 is 1.62 bits per heavy atom. The van der Waals surface area contributed by atoms with Gasteiger partial charge in [0.15, 0.2) is 0 Å². The lowest BCUT2D eigenvalue weighted by molar-refractivity contribution is 0.222. The van der Waals surface area contributed by atoms with E-state index in [1.54, 1.807) is 0 Å². The van der Waals surface area contributed by atoms with Crippen LogP contribution in [0.3, 0.4) is 0 Å². The van der Waals surface area contributed by atoms with Crippen molar-refractivity contribution in [1.82, 2.24) is 0 Å². The van der Waals surface area contributed by atoms with Gasteiger partial charge in [-0.1, -0.05) is 20.3 Å². The fourth-order valence-electron chi connectivity index (χ4n) is 2.26. The molecule has 0 heterocycles. The third kappa shape index (κ3) is 0.340. The normalized spacial score (nSPS) is 36.8. The van der Waals surface area contributed by atoms with Crippen LogP contribution in [-0.2, 0) is 0 Å². The molecule has 0 heteroatoms. The van der Waals surface area contributed by atoms with Gasteiger partial charge in [0.25, 0.3) is 0 Å². The second-order valence-corrected chi connectivity index (χ2v) is 4.19. The highest BCUT2D eigenvalue weighted by Crippen LogP contribution is 2.73. The molecule has 2 rings (SSSR count). The fourth-order valence-corrected chi connectivity index (χ4v) is 2.26. The van der Waals surface area contributed by atoms with Crippen molar-refractivity contribution in [3.8, 4) is 0 Å². The summed E-state index contributed by atoms with van der Waals surface area (Å²) in [4.78, 5) is 0. The van der Waals surface area contributed by atoms with Crippen LogP contribution in [0.1, 0.15) is 39.5 Å². The van der Waals surface area contributed by atoms with Gasteiger partial charge in [-0.2, -0.15) is 0 Å². The fraction of sp³-hybridized carbons (Fsp3) is 1.00. The minimum atomic E-state index is 0.741. The molecule has 0 aliphatic heterocycles. The Balaban J connectivity index is 2.12. The zero-order valence-corrected chi connectivity index (χ0v) is 5.83. The molecule has 2 aliphatic rings. The van der Waals surface area contributed by atoms with E-state index in [1.165, 1.54) is 25.7 Å². The van der Waals surface area contributed by atoms with Gasteiger partial charge in [-0.05, 0) is 30.1 Å². The van der Waals surface area contributed by atoms with Crippen molar-refractivity contribution in [1.29, 1.82) is 0 Å². The standard InChI is InChI=1S/C8H14/c1-7(2)6-8(7)4-3-5-8/h3-6H2,1-2H3. The van der Waals surface area contributed by atoms with Gasteiger partial charge >= 0.3 is 0 Å². The van der Waals surface area contributed by atoms with E-state index in [2.05, 4.69) is 13.8 Å². The van der Waals surface area contributed by atoms with Gasteiger partial charge in [0.05, 0.1) is 0 Å². The molecule has 0 unspecified atom stereocenters. The van der Waals surface area contributed by atoms with Gasteiger partial charge in [0, 0.05) is 0 Å².